The fourth-order valence-corrected chi connectivity index (χ4v) is 7.28. The normalized spacial score (nSPS) is 21.4. The number of thioether (sulfide) groups is 1. The van der Waals surface area contributed by atoms with Crippen LogP contribution >= 0.6 is 11.8 Å². The predicted molar refractivity (Wildman–Crippen MR) is 154 cm³/mol. The molecule has 0 unspecified atom stereocenters. The second-order valence-electron chi connectivity index (χ2n) is 11.0. The zero-order chi connectivity index (χ0) is 27.0. The van der Waals surface area contributed by atoms with Crippen molar-refractivity contribution in [1.29, 1.82) is 0 Å². The number of aryl methyl sites for hydroxylation is 1. The number of para-hydroxylation sites is 1. The number of ether oxygens (including phenoxy) is 1. The lowest BCUT2D eigenvalue weighted by atomic mass is 9.80. The summed E-state index contributed by atoms with van der Waals surface area (Å²) in [6, 6.07) is 11.1. The van der Waals surface area contributed by atoms with E-state index >= 15 is 0 Å². The molecule has 0 bridgehead atoms. The molecule has 8 heteroatoms. The lowest BCUT2D eigenvalue weighted by Gasteiger charge is -2.46. The predicted octanol–water partition coefficient (Wildman–Crippen LogP) is 5.05. The van der Waals surface area contributed by atoms with E-state index in [1.54, 1.807) is 0 Å². The van der Waals surface area contributed by atoms with Crippen LogP contribution in [0.25, 0.3) is 10.9 Å². The highest BCUT2D eigenvalue weighted by molar-refractivity contribution is 7.98. The highest BCUT2D eigenvalue weighted by atomic mass is 32.2. The van der Waals surface area contributed by atoms with Gasteiger partial charge in [-0.05, 0) is 70.8 Å². The van der Waals surface area contributed by atoms with E-state index in [4.69, 9.17) is 4.74 Å². The SMILES string of the molecule is COC1CN(C2CCC([C@@H](C)n3c(C)c(C(=O)NCc4c(SC)cc(C)[nH]c4=O)c4ccccc43)CC2)C1. The number of hydrogen-bond acceptors (Lipinski definition) is 5. The number of nitrogens with zero attached hydrogens (tertiary/aromatic N) is 2. The van der Waals surface area contributed by atoms with Crippen molar-refractivity contribution in [2.24, 2.45) is 5.92 Å². The highest BCUT2D eigenvalue weighted by Gasteiger charge is 2.36. The zero-order valence-electron chi connectivity index (χ0n) is 23.2. The topological polar surface area (TPSA) is 79.4 Å². The number of benzene rings is 1. The number of hydrogen-bond donors (Lipinski definition) is 2. The summed E-state index contributed by atoms with van der Waals surface area (Å²) >= 11 is 1.52. The molecule has 7 nitrogen and oxygen atoms in total. The largest absolute Gasteiger partial charge is 0.379 e. The number of aromatic amines is 1. The smallest absolute Gasteiger partial charge is 0.254 e. The van der Waals surface area contributed by atoms with Crippen molar-refractivity contribution < 1.29 is 9.53 Å². The molecular weight excluding hydrogens is 496 g/mol. The summed E-state index contributed by atoms with van der Waals surface area (Å²) in [5.41, 5.74) is 4.08. The maximum absolute atomic E-state index is 13.6. The van der Waals surface area contributed by atoms with E-state index in [9.17, 15) is 9.59 Å². The summed E-state index contributed by atoms with van der Waals surface area (Å²) in [5.74, 6) is 0.442. The Morgan fingerprint density at radius 1 is 1.18 bits per heavy atom. The van der Waals surface area contributed by atoms with Gasteiger partial charge in [0.2, 0.25) is 0 Å². The van der Waals surface area contributed by atoms with Crippen LogP contribution in [0.3, 0.4) is 0 Å². The summed E-state index contributed by atoms with van der Waals surface area (Å²) in [6.07, 6.45) is 7.19. The van der Waals surface area contributed by atoms with Gasteiger partial charge in [0, 0.05) is 71.6 Å². The van der Waals surface area contributed by atoms with Gasteiger partial charge in [-0.15, -0.1) is 11.8 Å². The van der Waals surface area contributed by atoms with Crippen molar-refractivity contribution in [3.8, 4) is 0 Å². The number of carbonyl (C=O) groups is 1. The van der Waals surface area contributed by atoms with Crippen LogP contribution in [0.4, 0.5) is 0 Å². The molecule has 2 fully saturated rings. The number of H-pyrrole nitrogens is 1. The highest BCUT2D eigenvalue weighted by Crippen LogP contribution is 2.39. The molecule has 1 amide bonds. The zero-order valence-corrected chi connectivity index (χ0v) is 24.0. The third kappa shape index (κ3) is 5.06. The van der Waals surface area contributed by atoms with E-state index in [2.05, 4.69) is 45.7 Å². The van der Waals surface area contributed by atoms with Crippen LogP contribution in [0, 0.1) is 19.8 Å². The molecule has 1 saturated carbocycles. The average molecular weight is 537 g/mol. The molecule has 1 saturated heterocycles. The van der Waals surface area contributed by atoms with Gasteiger partial charge in [0.15, 0.2) is 0 Å². The van der Waals surface area contributed by atoms with Crippen LogP contribution in [-0.4, -0.2) is 59.0 Å². The third-order valence-corrected chi connectivity index (χ3v) is 9.62. The van der Waals surface area contributed by atoms with Gasteiger partial charge in [-0.1, -0.05) is 18.2 Å². The number of amides is 1. The summed E-state index contributed by atoms with van der Waals surface area (Å²) in [6.45, 7) is 8.57. The lowest BCUT2D eigenvalue weighted by molar-refractivity contribution is -0.0605. The fraction of sp³-hybridized carbons (Fsp3) is 0.533. The van der Waals surface area contributed by atoms with Crippen LogP contribution in [0.2, 0.25) is 0 Å². The molecule has 5 rings (SSSR count). The average Bonchev–Trinajstić information content (AvgIpc) is 3.18. The number of pyridine rings is 1. The number of nitrogens with one attached hydrogen (secondary N) is 2. The molecule has 3 aromatic rings. The van der Waals surface area contributed by atoms with Gasteiger partial charge in [-0.2, -0.15) is 0 Å². The van der Waals surface area contributed by atoms with Gasteiger partial charge < -0.3 is 19.6 Å². The second-order valence-corrected chi connectivity index (χ2v) is 11.8. The van der Waals surface area contributed by atoms with Crippen molar-refractivity contribution in [3.63, 3.8) is 0 Å². The number of rotatable bonds is 8. The Morgan fingerprint density at radius 2 is 1.89 bits per heavy atom. The van der Waals surface area contributed by atoms with Crippen LogP contribution in [0.15, 0.2) is 40.0 Å². The third-order valence-electron chi connectivity index (χ3n) is 8.82. The first kappa shape index (κ1) is 27.0. The first-order valence-corrected chi connectivity index (χ1v) is 15.0. The van der Waals surface area contributed by atoms with E-state index in [0.29, 0.717) is 35.2 Å². The fourth-order valence-electron chi connectivity index (χ4n) is 6.57. The molecule has 1 atom stereocenters. The molecule has 2 aliphatic rings. The van der Waals surface area contributed by atoms with Crippen LogP contribution in [0.5, 0.6) is 0 Å². The van der Waals surface area contributed by atoms with Crippen LogP contribution in [0.1, 0.15) is 66.0 Å². The van der Waals surface area contributed by atoms with Crippen molar-refractivity contribution in [1.82, 2.24) is 19.8 Å². The van der Waals surface area contributed by atoms with Crippen molar-refractivity contribution >= 4 is 28.6 Å². The van der Waals surface area contributed by atoms with Gasteiger partial charge in [0.05, 0.1) is 11.7 Å². The Hall–Kier alpha value is -2.55. The number of methoxy groups -OCH3 is 1. The van der Waals surface area contributed by atoms with E-state index in [-0.39, 0.29) is 18.0 Å². The van der Waals surface area contributed by atoms with Gasteiger partial charge >= 0.3 is 0 Å². The standard InChI is InChI=1S/C30H40N4O3S/c1-18-14-27(38-5)25(29(35)32-18)15-31-30(36)28-20(3)34(26-9-7-6-8-24(26)28)19(2)21-10-12-22(13-11-21)33-16-23(17-33)37-4/h6-9,14,19,21-23H,10-13,15-17H2,1-5H3,(H,31,36)(H,32,35)/t19-,21?,22?/m1/s1. The first-order chi connectivity index (χ1) is 18.3. The Morgan fingerprint density at radius 3 is 2.58 bits per heavy atom. The maximum Gasteiger partial charge on any atom is 0.254 e. The molecule has 1 aliphatic carbocycles. The number of fused-ring (bicyclic) bond motifs is 1. The Labute approximate surface area is 229 Å². The molecule has 2 aromatic heterocycles. The maximum atomic E-state index is 13.6. The molecule has 3 heterocycles. The second kappa shape index (κ2) is 11.3. The molecular formula is C30H40N4O3S. The Bertz CT molecular complexity index is 1370. The van der Waals surface area contributed by atoms with Crippen LogP contribution < -0.4 is 10.9 Å². The lowest BCUT2D eigenvalue weighted by Crippen LogP contribution is -2.56. The Balaban J connectivity index is 1.35. The summed E-state index contributed by atoms with van der Waals surface area (Å²) in [4.78, 5) is 32.5. The number of likely N-dealkylation sites (tertiary alicyclic amines) is 1. The van der Waals surface area contributed by atoms with E-state index in [1.165, 1.54) is 37.4 Å². The molecule has 2 N–H and O–H groups in total. The first-order valence-electron chi connectivity index (χ1n) is 13.7. The van der Waals surface area contributed by atoms with Crippen molar-refractivity contribution in [3.05, 3.63) is 63.2 Å². The molecule has 0 spiro atoms. The quantitative estimate of drug-likeness (QED) is 0.394. The molecule has 1 aliphatic heterocycles. The van der Waals surface area contributed by atoms with Crippen molar-refractivity contribution in [2.45, 2.75) is 76.1 Å². The minimum absolute atomic E-state index is 0.133. The van der Waals surface area contributed by atoms with Gasteiger partial charge in [0.25, 0.3) is 11.5 Å². The van der Waals surface area contributed by atoms with E-state index in [0.717, 1.165) is 40.3 Å². The number of carbonyl (C=O) groups excluding carboxylic acids is 1. The molecule has 38 heavy (non-hydrogen) atoms. The van der Waals surface area contributed by atoms with Gasteiger partial charge in [-0.3, -0.25) is 14.5 Å². The van der Waals surface area contributed by atoms with Crippen molar-refractivity contribution in [2.75, 3.05) is 26.5 Å². The van der Waals surface area contributed by atoms with Gasteiger partial charge in [0.1, 0.15) is 0 Å². The minimum Gasteiger partial charge on any atom is -0.379 e. The van der Waals surface area contributed by atoms with Gasteiger partial charge in [-0.25, -0.2) is 0 Å². The minimum atomic E-state index is -0.144. The summed E-state index contributed by atoms with van der Waals surface area (Å²) in [7, 11) is 1.81. The molecule has 1 aromatic carbocycles. The molecule has 204 valence electrons. The Kier molecular flexibility index (Phi) is 8.03. The molecule has 0 radical (unpaired) electrons. The van der Waals surface area contributed by atoms with Crippen LogP contribution in [-0.2, 0) is 11.3 Å². The summed E-state index contributed by atoms with van der Waals surface area (Å²) in [5, 5.41) is 4.02. The number of aromatic nitrogens is 2. The van der Waals surface area contributed by atoms with E-state index in [1.807, 2.05) is 38.5 Å². The monoisotopic (exact) mass is 536 g/mol. The summed E-state index contributed by atoms with van der Waals surface area (Å²) < 4.78 is 7.85. The van der Waals surface area contributed by atoms with E-state index < -0.39 is 0 Å².